The summed E-state index contributed by atoms with van der Waals surface area (Å²) in [5, 5.41) is 0. The number of unbranched alkanes of at least 4 members (excludes halogenated alkanes) is 2. The Balaban J connectivity index is 2.01. The second-order valence-electron chi connectivity index (χ2n) is 8.21. The summed E-state index contributed by atoms with van der Waals surface area (Å²) in [5.41, 5.74) is -0.516. The molecule has 0 amide bonds. The van der Waals surface area contributed by atoms with Gasteiger partial charge in [-0.05, 0) is 55.7 Å². The van der Waals surface area contributed by atoms with Crippen molar-refractivity contribution >= 4 is 0 Å². The van der Waals surface area contributed by atoms with Gasteiger partial charge in [-0.3, -0.25) is 0 Å². The Hall–Kier alpha value is -1.26. The van der Waals surface area contributed by atoms with E-state index in [1.165, 1.54) is 44.6 Å². The molecule has 0 spiro atoms. The number of alkyl halides is 3. The molecule has 0 aromatic heterocycles. The molecule has 2 rings (SSSR count). The van der Waals surface area contributed by atoms with Gasteiger partial charge in [-0.15, -0.1) is 0 Å². The number of hydrogen-bond donors (Lipinski definition) is 0. The van der Waals surface area contributed by atoms with E-state index >= 15 is 0 Å². The molecule has 0 heterocycles. The maximum Gasteiger partial charge on any atom is 0.422 e. The summed E-state index contributed by atoms with van der Waals surface area (Å²) in [7, 11) is 0. The highest BCUT2D eigenvalue weighted by Gasteiger charge is 2.39. The summed E-state index contributed by atoms with van der Waals surface area (Å²) in [4.78, 5) is 0. The molecule has 28 heavy (non-hydrogen) atoms. The van der Waals surface area contributed by atoms with Crippen LogP contribution in [0, 0.1) is 24.6 Å². The molecule has 0 atom stereocenters. The second-order valence-corrected chi connectivity index (χ2v) is 8.21. The van der Waals surface area contributed by atoms with Crippen molar-refractivity contribution in [2.45, 2.75) is 91.2 Å². The van der Waals surface area contributed by atoms with E-state index in [1.807, 2.05) is 0 Å². The van der Waals surface area contributed by atoms with Gasteiger partial charge in [-0.25, -0.2) is 4.39 Å². The molecule has 1 nitrogen and oxygen atoms in total. The number of aryl methyl sites for hydroxylation is 1. The molecular formula is C23H34F4O. The standard InChI is InChI=1S/C23H34F4O/c1-4-6-7-8-17-9-11-18(12-10-17)13-14-19-16(3)15-20(28-5-2)21(22(19)24)23(25,26)27/h15,17-18H,4-14H2,1-3H3. The van der Waals surface area contributed by atoms with Crippen LogP contribution in [-0.2, 0) is 12.6 Å². The number of rotatable bonds is 9. The van der Waals surface area contributed by atoms with E-state index in [0.717, 1.165) is 25.2 Å². The Morgan fingerprint density at radius 2 is 1.61 bits per heavy atom. The zero-order valence-corrected chi connectivity index (χ0v) is 17.4. The summed E-state index contributed by atoms with van der Waals surface area (Å²) < 4.78 is 60.0. The average molecular weight is 403 g/mol. The van der Waals surface area contributed by atoms with Crippen molar-refractivity contribution in [3.63, 3.8) is 0 Å². The van der Waals surface area contributed by atoms with Crippen molar-refractivity contribution in [2.24, 2.45) is 11.8 Å². The number of halogens is 4. The van der Waals surface area contributed by atoms with E-state index in [4.69, 9.17) is 4.74 Å². The van der Waals surface area contributed by atoms with Crippen LogP contribution in [0.3, 0.4) is 0 Å². The first-order chi connectivity index (χ1) is 13.3. The van der Waals surface area contributed by atoms with Crippen molar-refractivity contribution in [1.82, 2.24) is 0 Å². The third-order valence-corrected chi connectivity index (χ3v) is 6.12. The van der Waals surface area contributed by atoms with Crippen LogP contribution in [0.15, 0.2) is 6.07 Å². The van der Waals surface area contributed by atoms with E-state index in [0.29, 0.717) is 17.9 Å². The van der Waals surface area contributed by atoms with Gasteiger partial charge in [0, 0.05) is 0 Å². The Bertz CT molecular complexity index is 616. The Morgan fingerprint density at radius 3 is 2.14 bits per heavy atom. The van der Waals surface area contributed by atoms with Crippen LogP contribution in [0.4, 0.5) is 17.6 Å². The Kier molecular flexibility index (Phi) is 8.63. The minimum Gasteiger partial charge on any atom is -0.493 e. The van der Waals surface area contributed by atoms with Crippen molar-refractivity contribution in [3.8, 4) is 5.75 Å². The van der Waals surface area contributed by atoms with Crippen LogP contribution in [0.1, 0.15) is 88.3 Å². The van der Waals surface area contributed by atoms with E-state index in [2.05, 4.69) is 6.92 Å². The lowest BCUT2D eigenvalue weighted by molar-refractivity contribution is -0.141. The molecule has 160 valence electrons. The summed E-state index contributed by atoms with van der Waals surface area (Å²) in [5.74, 6) is -0.267. The first-order valence-electron chi connectivity index (χ1n) is 10.8. The lowest BCUT2D eigenvalue weighted by Crippen LogP contribution is -2.17. The SMILES string of the molecule is CCCCCC1CCC(CCc2c(C)cc(OCC)c(C(F)(F)F)c2F)CC1. The molecule has 0 bridgehead atoms. The molecule has 1 aliphatic rings. The molecule has 0 unspecified atom stereocenters. The molecule has 1 aromatic carbocycles. The molecular weight excluding hydrogens is 368 g/mol. The average Bonchev–Trinajstić information content (AvgIpc) is 2.62. The molecule has 5 heteroatoms. The van der Waals surface area contributed by atoms with Gasteiger partial charge in [0.15, 0.2) is 0 Å². The van der Waals surface area contributed by atoms with Gasteiger partial charge in [-0.2, -0.15) is 13.2 Å². The summed E-state index contributed by atoms with van der Waals surface area (Å²) in [6, 6.07) is 1.34. The van der Waals surface area contributed by atoms with E-state index in [1.54, 1.807) is 13.8 Å². The van der Waals surface area contributed by atoms with Gasteiger partial charge in [-0.1, -0.05) is 58.3 Å². The largest absolute Gasteiger partial charge is 0.493 e. The first-order valence-corrected chi connectivity index (χ1v) is 10.8. The molecule has 0 aliphatic heterocycles. The number of benzene rings is 1. The van der Waals surface area contributed by atoms with Crippen molar-refractivity contribution in [1.29, 1.82) is 0 Å². The second kappa shape index (κ2) is 10.5. The third-order valence-electron chi connectivity index (χ3n) is 6.12. The van der Waals surface area contributed by atoms with E-state index < -0.39 is 23.3 Å². The van der Waals surface area contributed by atoms with E-state index in [9.17, 15) is 17.6 Å². The predicted molar refractivity (Wildman–Crippen MR) is 105 cm³/mol. The number of hydrogen-bond acceptors (Lipinski definition) is 1. The maximum absolute atomic E-state index is 14.8. The third kappa shape index (κ3) is 6.12. The monoisotopic (exact) mass is 402 g/mol. The van der Waals surface area contributed by atoms with E-state index in [-0.39, 0.29) is 12.2 Å². The highest BCUT2D eigenvalue weighted by molar-refractivity contribution is 5.45. The van der Waals surface area contributed by atoms with Crippen LogP contribution in [0.25, 0.3) is 0 Å². The topological polar surface area (TPSA) is 9.23 Å². The highest BCUT2D eigenvalue weighted by atomic mass is 19.4. The molecule has 1 saturated carbocycles. The summed E-state index contributed by atoms with van der Waals surface area (Å²) in [6.07, 6.45) is 6.10. The molecule has 0 N–H and O–H groups in total. The molecule has 1 aliphatic carbocycles. The fourth-order valence-electron chi connectivity index (χ4n) is 4.47. The zero-order chi connectivity index (χ0) is 20.7. The van der Waals surface area contributed by atoms with Crippen LogP contribution in [0.2, 0.25) is 0 Å². The summed E-state index contributed by atoms with van der Waals surface area (Å²) in [6.45, 7) is 5.55. The predicted octanol–water partition coefficient (Wildman–Crippen LogP) is 7.87. The highest BCUT2D eigenvalue weighted by Crippen LogP contribution is 2.41. The zero-order valence-electron chi connectivity index (χ0n) is 17.4. The first kappa shape index (κ1) is 23.0. The van der Waals surface area contributed by atoms with Gasteiger partial charge < -0.3 is 4.74 Å². The van der Waals surface area contributed by atoms with Crippen LogP contribution < -0.4 is 4.74 Å². The normalized spacial score (nSPS) is 20.4. The van der Waals surface area contributed by atoms with Gasteiger partial charge in [0.25, 0.3) is 0 Å². The quantitative estimate of drug-likeness (QED) is 0.302. The van der Waals surface area contributed by atoms with Gasteiger partial charge >= 0.3 is 6.18 Å². The van der Waals surface area contributed by atoms with Crippen LogP contribution in [-0.4, -0.2) is 6.61 Å². The number of ether oxygens (including phenoxy) is 1. The van der Waals surface area contributed by atoms with Crippen LogP contribution in [0.5, 0.6) is 5.75 Å². The van der Waals surface area contributed by atoms with Crippen molar-refractivity contribution in [2.75, 3.05) is 6.61 Å². The Labute approximate surface area is 166 Å². The fraction of sp³-hybridized carbons (Fsp3) is 0.739. The fourth-order valence-corrected chi connectivity index (χ4v) is 4.47. The smallest absolute Gasteiger partial charge is 0.422 e. The summed E-state index contributed by atoms with van der Waals surface area (Å²) >= 11 is 0. The van der Waals surface area contributed by atoms with Gasteiger partial charge in [0.2, 0.25) is 0 Å². The molecule has 1 fully saturated rings. The lowest BCUT2D eigenvalue weighted by atomic mass is 9.77. The minimum atomic E-state index is -4.76. The molecule has 0 saturated heterocycles. The maximum atomic E-state index is 14.8. The van der Waals surface area contributed by atoms with Crippen molar-refractivity contribution < 1.29 is 22.3 Å². The van der Waals surface area contributed by atoms with Gasteiger partial charge in [0.1, 0.15) is 17.1 Å². The van der Waals surface area contributed by atoms with Crippen LogP contribution >= 0.6 is 0 Å². The lowest BCUT2D eigenvalue weighted by Gasteiger charge is -2.29. The minimum absolute atomic E-state index is 0.0722. The van der Waals surface area contributed by atoms with Crippen molar-refractivity contribution in [3.05, 3.63) is 28.6 Å². The Morgan fingerprint density at radius 1 is 1.00 bits per heavy atom. The van der Waals surface area contributed by atoms with Gasteiger partial charge in [0.05, 0.1) is 6.61 Å². The molecule has 0 radical (unpaired) electrons. The molecule has 1 aromatic rings.